The van der Waals surface area contributed by atoms with Crippen LogP contribution >= 0.6 is 0 Å². The molecule has 2 heterocycles. The lowest BCUT2D eigenvalue weighted by molar-refractivity contribution is -0.000894. The third-order valence-electron chi connectivity index (χ3n) is 6.75. The van der Waals surface area contributed by atoms with E-state index in [0.717, 1.165) is 35.5 Å². The second-order valence-electron chi connectivity index (χ2n) is 9.09. The van der Waals surface area contributed by atoms with Gasteiger partial charge in [-0.15, -0.1) is 0 Å². The molecule has 0 saturated carbocycles. The average Bonchev–Trinajstić information content (AvgIpc) is 3.49. The molecule has 176 valence electrons. The Morgan fingerprint density at radius 2 is 1.11 bits per heavy atom. The SMILES string of the molecule is OC(COC1CN(c2ccccc2)N(c2ccccc2)C1)Cn1c2ccccc2c2ccccc21. The predicted octanol–water partition coefficient (Wildman–Crippen LogP) is 5.48. The summed E-state index contributed by atoms with van der Waals surface area (Å²) in [5, 5.41) is 17.9. The van der Waals surface area contributed by atoms with Gasteiger partial charge in [0.25, 0.3) is 0 Å². The number of hydrazine groups is 1. The molecule has 1 aromatic heterocycles. The van der Waals surface area contributed by atoms with Crippen molar-refractivity contribution in [1.82, 2.24) is 4.57 Å². The van der Waals surface area contributed by atoms with E-state index in [4.69, 9.17) is 4.74 Å². The van der Waals surface area contributed by atoms with Crippen LogP contribution in [-0.2, 0) is 11.3 Å². The molecule has 35 heavy (non-hydrogen) atoms. The smallest absolute Gasteiger partial charge is 0.0966 e. The highest BCUT2D eigenvalue weighted by molar-refractivity contribution is 6.07. The van der Waals surface area contributed by atoms with Gasteiger partial charge in [0.05, 0.1) is 49.8 Å². The number of benzene rings is 4. The number of fused-ring (bicyclic) bond motifs is 3. The lowest BCUT2D eigenvalue weighted by Gasteiger charge is -2.31. The van der Waals surface area contributed by atoms with Crippen LogP contribution in [-0.4, -0.2) is 41.6 Å². The number of aliphatic hydroxyl groups is 1. The van der Waals surface area contributed by atoms with Crippen LogP contribution in [0, 0.1) is 0 Å². The maximum atomic E-state index is 11.0. The van der Waals surface area contributed by atoms with Gasteiger partial charge in [-0.3, -0.25) is 10.0 Å². The van der Waals surface area contributed by atoms with E-state index in [9.17, 15) is 5.11 Å². The molecule has 0 radical (unpaired) electrons. The predicted molar refractivity (Wildman–Crippen MR) is 143 cm³/mol. The Kier molecular flexibility index (Phi) is 5.86. The van der Waals surface area contributed by atoms with Crippen LogP contribution in [0.25, 0.3) is 21.8 Å². The van der Waals surface area contributed by atoms with Crippen LogP contribution in [0.2, 0.25) is 0 Å². The monoisotopic (exact) mass is 463 g/mol. The maximum absolute atomic E-state index is 11.0. The number of aromatic nitrogens is 1. The third kappa shape index (κ3) is 4.25. The molecule has 1 N–H and O–H groups in total. The second-order valence-corrected chi connectivity index (χ2v) is 9.09. The highest BCUT2D eigenvalue weighted by Gasteiger charge is 2.31. The van der Waals surface area contributed by atoms with E-state index >= 15 is 0 Å². The Balaban J connectivity index is 1.18. The van der Waals surface area contributed by atoms with E-state index in [1.165, 1.54) is 10.8 Å². The topological polar surface area (TPSA) is 40.9 Å². The normalized spacial score (nSPS) is 15.3. The first-order chi connectivity index (χ1) is 17.3. The van der Waals surface area contributed by atoms with E-state index in [2.05, 4.69) is 112 Å². The van der Waals surface area contributed by atoms with Gasteiger partial charge in [0, 0.05) is 21.8 Å². The van der Waals surface area contributed by atoms with Gasteiger partial charge in [0.2, 0.25) is 0 Å². The summed E-state index contributed by atoms with van der Waals surface area (Å²) in [5.41, 5.74) is 4.54. The number of nitrogens with zero attached hydrogens (tertiary/aromatic N) is 3. The van der Waals surface area contributed by atoms with Crippen molar-refractivity contribution in [3.63, 3.8) is 0 Å². The number of hydrogen-bond donors (Lipinski definition) is 1. The summed E-state index contributed by atoms with van der Waals surface area (Å²) in [6.45, 7) is 2.25. The molecule has 0 amide bonds. The largest absolute Gasteiger partial charge is 0.389 e. The molecular formula is C30H29N3O2. The van der Waals surface area contributed by atoms with E-state index < -0.39 is 6.10 Å². The van der Waals surface area contributed by atoms with Crippen molar-refractivity contribution in [3.05, 3.63) is 109 Å². The molecule has 5 heteroatoms. The summed E-state index contributed by atoms with van der Waals surface area (Å²) >= 11 is 0. The second kappa shape index (κ2) is 9.45. The quantitative estimate of drug-likeness (QED) is 0.347. The zero-order valence-corrected chi connectivity index (χ0v) is 19.6. The van der Waals surface area contributed by atoms with Gasteiger partial charge >= 0.3 is 0 Å². The summed E-state index contributed by atoms with van der Waals surface area (Å²) in [6.07, 6.45) is -0.617. The molecule has 0 aliphatic carbocycles. The summed E-state index contributed by atoms with van der Waals surface area (Å²) < 4.78 is 8.50. The Bertz CT molecular complexity index is 1320. The van der Waals surface area contributed by atoms with Gasteiger partial charge in [0.15, 0.2) is 0 Å². The number of aliphatic hydroxyl groups excluding tert-OH is 1. The number of ether oxygens (including phenoxy) is 1. The summed E-state index contributed by atoms with van der Waals surface area (Å²) in [5.74, 6) is 0. The fraction of sp³-hybridized carbons (Fsp3) is 0.200. The lowest BCUT2D eigenvalue weighted by atomic mass is 10.2. The molecule has 1 saturated heterocycles. The van der Waals surface area contributed by atoms with E-state index in [1.807, 2.05) is 12.1 Å². The van der Waals surface area contributed by atoms with Crippen LogP contribution in [0.15, 0.2) is 109 Å². The van der Waals surface area contributed by atoms with Crippen LogP contribution in [0.3, 0.4) is 0 Å². The molecule has 1 fully saturated rings. The van der Waals surface area contributed by atoms with Gasteiger partial charge in [0.1, 0.15) is 0 Å². The first-order valence-electron chi connectivity index (χ1n) is 12.2. The molecule has 1 aliphatic heterocycles. The molecular weight excluding hydrogens is 434 g/mol. The number of rotatable bonds is 7. The van der Waals surface area contributed by atoms with Crippen molar-refractivity contribution >= 4 is 33.2 Å². The van der Waals surface area contributed by atoms with Gasteiger partial charge < -0.3 is 14.4 Å². The number of para-hydroxylation sites is 4. The molecule has 1 atom stereocenters. The highest BCUT2D eigenvalue weighted by Crippen LogP contribution is 2.30. The summed E-state index contributed by atoms with van der Waals surface area (Å²) in [6, 6.07) is 37.5. The van der Waals surface area contributed by atoms with Crippen molar-refractivity contribution in [3.8, 4) is 0 Å². The van der Waals surface area contributed by atoms with Gasteiger partial charge in [-0.1, -0.05) is 72.8 Å². The minimum absolute atomic E-state index is 0.0109. The summed E-state index contributed by atoms with van der Waals surface area (Å²) in [4.78, 5) is 0. The fourth-order valence-electron chi connectivity index (χ4n) is 5.15. The Hall–Kier alpha value is -3.80. The molecule has 6 rings (SSSR count). The third-order valence-corrected chi connectivity index (χ3v) is 6.75. The fourth-order valence-corrected chi connectivity index (χ4v) is 5.15. The first kappa shape index (κ1) is 21.7. The minimum Gasteiger partial charge on any atom is -0.389 e. The summed E-state index contributed by atoms with van der Waals surface area (Å²) in [7, 11) is 0. The first-order valence-corrected chi connectivity index (χ1v) is 12.2. The van der Waals surface area contributed by atoms with Gasteiger partial charge in [-0.05, 0) is 36.4 Å². The lowest BCUT2D eigenvalue weighted by Crippen LogP contribution is -2.36. The minimum atomic E-state index is -0.606. The van der Waals surface area contributed by atoms with E-state index in [-0.39, 0.29) is 12.7 Å². The number of hydrogen-bond acceptors (Lipinski definition) is 4. The molecule has 0 bridgehead atoms. The van der Waals surface area contributed by atoms with Crippen LogP contribution in [0.1, 0.15) is 0 Å². The van der Waals surface area contributed by atoms with E-state index in [0.29, 0.717) is 6.54 Å². The zero-order valence-electron chi connectivity index (χ0n) is 19.6. The maximum Gasteiger partial charge on any atom is 0.0966 e. The van der Waals surface area contributed by atoms with Crippen molar-refractivity contribution in [1.29, 1.82) is 0 Å². The molecule has 5 aromatic rings. The molecule has 1 unspecified atom stereocenters. The van der Waals surface area contributed by atoms with Crippen LogP contribution < -0.4 is 10.0 Å². The zero-order chi connectivity index (χ0) is 23.6. The van der Waals surface area contributed by atoms with Crippen molar-refractivity contribution < 1.29 is 9.84 Å². The molecule has 0 spiro atoms. The Morgan fingerprint density at radius 3 is 1.63 bits per heavy atom. The average molecular weight is 464 g/mol. The van der Waals surface area contributed by atoms with Gasteiger partial charge in [-0.2, -0.15) is 0 Å². The molecule has 5 nitrogen and oxygen atoms in total. The van der Waals surface area contributed by atoms with Crippen LogP contribution in [0.5, 0.6) is 0 Å². The standard InChI is InChI=1S/C30H29N3O2/c34-25(19-31-29-17-9-7-15-27(29)28-16-8-10-18-30(28)31)22-35-26-20-32(23-11-3-1-4-12-23)33(21-26)24-13-5-2-6-14-24/h1-18,25-26,34H,19-22H2. The number of anilines is 2. The van der Waals surface area contributed by atoms with Crippen molar-refractivity contribution in [2.75, 3.05) is 29.7 Å². The van der Waals surface area contributed by atoms with Gasteiger partial charge in [-0.25, -0.2) is 0 Å². The van der Waals surface area contributed by atoms with Crippen LogP contribution in [0.4, 0.5) is 11.4 Å². The van der Waals surface area contributed by atoms with E-state index in [1.54, 1.807) is 0 Å². The van der Waals surface area contributed by atoms with Crippen molar-refractivity contribution in [2.24, 2.45) is 0 Å². The molecule has 1 aliphatic rings. The Labute approximate surface area is 205 Å². The van der Waals surface area contributed by atoms with Crippen molar-refractivity contribution in [2.45, 2.75) is 18.8 Å². The highest BCUT2D eigenvalue weighted by atomic mass is 16.5. The molecule has 4 aromatic carbocycles. The Morgan fingerprint density at radius 1 is 0.657 bits per heavy atom.